The van der Waals surface area contributed by atoms with Gasteiger partial charge in [-0.15, -0.1) is 0 Å². The summed E-state index contributed by atoms with van der Waals surface area (Å²) in [6.07, 6.45) is 3.25. The fourth-order valence-corrected chi connectivity index (χ4v) is 3.84. The van der Waals surface area contributed by atoms with Gasteiger partial charge in [0.1, 0.15) is 4.90 Å². The molecule has 2 N–H and O–H groups in total. The number of nitrogens with zero attached hydrogens (tertiary/aromatic N) is 2. The molecule has 0 radical (unpaired) electrons. The maximum absolute atomic E-state index is 12.6. The zero-order valence-corrected chi connectivity index (χ0v) is 14.6. The van der Waals surface area contributed by atoms with Gasteiger partial charge in [0.2, 0.25) is 10.0 Å². The van der Waals surface area contributed by atoms with Crippen LogP contribution in [-0.4, -0.2) is 35.8 Å². The van der Waals surface area contributed by atoms with E-state index in [1.165, 1.54) is 16.6 Å². The predicted molar refractivity (Wildman–Crippen MR) is 86.9 cm³/mol. The number of nitrogens with two attached hydrogens (primary N) is 1. The molecule has 1 heterocycles. The van der Waals surface area contributed by atoms with Gasteiger partial charge in [-0.1, -0.05) is 26.1 Å². The summed E-state index contributed by atoms with van der Waals surface area (Å²) < 4.78 is 27.3. The number of hydrogen-bond donors (Lipinski definition) is 1. The molecule has 0 aliphatic rings. The average molecular weight is 380 g/mol. The Morgan fingerprint density at radius 1 is 1.50 bits per heavy atom. The minimum absolute atomic E-state index is 0.162. The van der Waals surface area contributed by atoms with Crippen LogP contribution >= 0.6 is 28.1 Å². The van der Waals surface area contributed by atoms with Crippen molar-refractivity contribution in [2.45, 2.75) is 25.2 Å². The molecular formula is C12H18BrN3O2S2. The lowest BCUT2D eigenvalue weighted by atomic mass is 10.2. The molecule has 0 aromatic carbocycles. The number of rotatable bonds is 7. The highest BCUT2D eigenvalue weighted by Gasteiger charge is 2.25. The first-order chi connectivity index (χ1) is 9.23. The number of hydrogen-bond acceptors (Lipinski definition) is 4. The molecule has 0 fully saturated rings. The highest BCUT2D eigenvalue weighted by atomic mass is 79.9. The average Bonchev–Trinajstić information content (AvgIpc) is 2.33. The van der Waals surface area contributed by atoms with E-state index in [1.807, 2.05) is 13.8 Å². The van der Waals surface area contributed by atoms with Gasteiger partial charge in [0.25, 0.3) is 0 Å². The lowest BCUT2D eigenvalue weighted by molar-refractivity contribution is 0.374. The van der Waals surface area contributed by atoms with Gasteiger partial charge in [-0.25, -0.2) is 8.42 Å². The molecule has 0 saturated carbocycles. The molecule has 0 atom stereocenters. The number of sulfonamides is 1. The molecule has 0 bridgehead atoms. The van der Waals surface area contributed by atoms with Crippen LogP contribution in [0.3, 0.4) is 0 Å². The summed E-state index contributed by atoms with van der Waals surface area (Å²) in [6.45, 7) is 4.62. The van der Waals surface area contributed by atoms with Gasteiger partial charge in [0.15, 0.2) is 0 Å². The van der Waals surface area contributed by atoms with Crippen LogP contribution in [0.2, 0.25) is 0 Å². The van der Waals surface area contributed by atoms with Crippen LogP contribution in [0.4, 0.5) is 0 Å². The molecule has 8 heteroatoms. The van der Waals surface area contributed by atoms with Crippen molar-refractivity contribution in [3.05, 3.63) is 22.9 Å². The normalized spacial score (nSPS) is 12.1. The highest BCUT2D eigenvalue weighted by molar-refractivity contribution is 9.10. The molecule has 1 aromatic rings. The molecule has 0 aliphatic heterocycles. The molecular weight excluding hydrogens is 362 g/mol. The van der Waals surface area contributed by atoms with Gasteiger partial charge >= 0.3 is 0 Å². The molecule has 0 amide bonds. The standard InChI is InChI=1S/C12H18BrN3O2S2/c1-9(2)8-16(4-3-12(14)19)20(17,18)11-5-10(13)6-15-7-11/h5-7,9H,3-4,8H2,1-2H3,(H2,14,19). The van der Waals surface area contributed by atoms with E-state index in [0.29, 0.717) is 22.4 Å². The van der Waals surface area contributed by atoms with Crippen LogP contribution in [-0.2, 0) is 10.0 Å². The van der Waals surface area contributed by atoms with E-state index >= 15 is 0 Å². The second-order valence-corrected chi connectivity index (χ2v) is 8.19. The number of aromatic nitrogens is 1. The fraction of sp³-hybridized carbons (Fsp3) is 0.500. The van der Waals surface area contributed by atoms with E-state index in [2.05, 4.69) is 20.9 Å². The summed E-state index contributed by atoms with van der Waals surface area (Å²) in [5.41, 5.74) is 5.47. The van der Waals surface area contributed by atoms with Gasteiger partial charge in [-0.3, -0.25) is 4.98 Å². The molecule has 1 aromatic heterocycles. The minimum atomic E-state index is -3.59. The summed E-state index contributed by atoms with van der Waals surface area (Å²) >= 11 is 8.05. The molecule has 1 rings (SSSR count). The van der Waals surface area contributed by atoms with Gasteiger partial charge in [-0.05, 0) is 27.9 Å². The van der Waals surface area contributed by atoms with Gasteiger partial charge in [0.05, 0.1) is 4.99 Å². The van der Waals surface area contributed by atoms with Crippen molar-refractivity contribution in [2.75, 3.05) is 13.1 Å². The third kappa shape index (κ3) is 5.08. The lowest BCUT2D eigenvalue weighted by Gasteiger charge is -2.23. The van der Waals surface area contributed by atoms with Crippen molar-refractivity contribution >= 4 is 43.2 Å². The monoisotopic (exact) mass is 379 g/mol. The molecule has 0 unspecified atom stereocenters. The summed E-state index contributed by atoms with van der Waals surface area (Å²) in [6, 6.07) is 1.54. The molecule has 112 valence electrons. The Hall–Kier alpha value is -0.570. The zero-order valence-electron chi connectivity index (χ0n) is 11.4. The van der Waals surface area contributed by atoms with E-state index < -0.39 is 10.0 Å². The van der Waals surface area contributed by atoms with Crippen molar-refractivity contribution in [3.63, 3.8) is 0 Å². The second-order valence-electron chi connectivity index (χ2n) is 4.81. The third-order valence-corrected chi connectivity index (χ3v) is 4.96. The maximum atomic E-state index is 12.6. The quantitative estimate of drug-likeness (QED) is 0.734. The van der Waals surface area contributed by atoms with Crippen LogP contribution in [0.15, 0.2) is 27.8 Å². The minimum Gasteiger partial charge on any atom is -0.393 e. The Labute approximate surface area is 133 Å². The van der Waals surface area contributed by atoms with Gasteiger partial charge < -0.3 is 5.73 Å². The lowest BCUT2D eigenvalue weighted by Crippen LogP contribution is -2.36. The molecule has 0 aliphatic carbocycles. The van der Waals surface area contributed by atoms with Crippen molar-refractivity contribution in [1.82, 2.24) is 9.29 Å². The van der Waals surface area contributed by atoms with Crippen molar-refractivity contribution in [3.8, 4) is 0 Å². The smallest absolute Gasteiger partial charge is 0.244 e. The topological polar surface area (TPSA) is 76.3 Å². The van der Waals surface area contributed by atoms with E-state index in [-0.39, 0.29) is 17.4 Å². The Kier molecular flexibility index (Phi) is 6.50. The fourth-order valence-electron chi connectivity index (χ4n) is 1.63. The Balaban J connectivity index is 3.06. The summed E-state index contributed by atoms with van der Waals surface area (Å²) in [5, 5.41) is 0. The second kappa shape index (κ2) is 7.44. The van der Waals surface area contributed by atoms with Crippen molar-refractivity contribution in [1.29, 1.82) is 0 Å². The number of halogens is 1. The van der Waals surface area contributed by atoms with Crippen LogP contribution < -0.4 is 5.73 Å². The summed E-state index contributed by atoms with van der Waals surface area (Å²) in [5.74, 6) is 0.205. The maximum Gasteiger partial charge on any atom is 0.244 e. The predicted octanol–water partition coefficient (Wildman–Crippen LogP) is 2.17. The summed E-state index contributed by atoms with van der Waals surface area (Å²) in [4.78, 5) is 4.37. The first-order valence-electron chi connectivity index (χ1n) is 6.12. The highest BCUT2D eigenvalue weighted by Crippen LogP contribution is 2.20. The zero-order chi connectivity index (χ0) is 15.3. The summed E-state index contributed by atoms with van der Waals surface area (Å²) in [7, 11) is -3.59. The van der Waals surface area contributed by atoms with E-state index in [9.17, 15) is 8.42 Å². The third-order valence-electron chi connectivity index (χ3n) is 2.49. The largest absolute Gasteiger partial charge is 0.393 e. The van der Waals surface area contributed by atoms with Gasteiger partial charge in [0, 0.05) is 36.4 Å². The van der Waals surface area contributed by atoms with Gasteiger partial charge in [-0.2, -0.15) is 4.31 Å². The molecule has 5 nitrogen and oxygen atoms in total. The molecule has 20 heavy (non-hydrogen) atoms. The number of thiocarbonyl (C=S) groups is 1. The first kappa shape index (κ1) is 17.5. The van der Waals surface area contributed by atoms with E-state index in [4.69, 9.17) is 18.0 Å². The van der Waals surface area contributed by atoms with E-state index in [0.717, 1.165) is 0 Å². The van der Waals surface area contributed by atoms with Crippen LogP contribution in [0.5, 0.6) is 0 Å². The molecule has 0 spiro atoms. The Morgan fingerprint density at radius 3 is 2.65 bits per heavy atom. The van der Waals surface area contributed by atoms with E-state index in [1.54, 1.807) is 6.20 Å². The SMILES string of the molecule is CC(C)CN(CCC(N)=S)S(=O)(=O)c1cncc(Br)c1. The number of pyridine rings is 1. The van der Waals surface area contributed by atoms with Crippen LogP contribution in [0, 0.1) is 5.92 Å². The van der Waals surface area contributed by atoms with Crippen molar-refractivity contribution in [2.24, 2.45) is 11.7 Å². The Morgan fingerprint density at radius 2 is 2.15 bits per heavy atom. The Bertz CT molecular complexity index is 576. The van der Waals surface area contributed by atoms with Crippen LogP contribution in [0.25, 0.3) is 0 Å². The molecule has 0 saturated heterocycles. The first-order valence-corrected chi connectivity index (χ1v) is 8.76. The van der Waals surface area contributed by atoms with Crippen LogP contribution in [0.1, 0.15) is 20.3 Å². The van der Waals surface area contributed by atoms with Crippen molar-refractivity contribution < 1.29 is 8.42 Å².